The molecule has 0 saturated carbocycles. The Bertz CT molecular complexity index is 568. The number of hydrogen-bond donors (Lipinski definition) is 2. The van der Waals surface area contributed by atoms with E-state index in [0.717, 1.165) is 10.5 Å². The van der Waals surface area contributed by atoms with Crippen LogP contribution in [0.2, 0.25) is 0 Å². The largest absolute Gasteiger partial charge is 0.370 e. The van der Waals surface area contributed by atoms with E-state index in [0.29, 0.717) is 5.56 Å². The number of nitrogens with one attached hydrogen (secondary N) is 1. The Kier molecular flexibility index (Phi) is 3.48. The molecule has 1 fully saturated rings. The topological polar surface area (TPSA) is 92.5 Å². The maximum absolute atomic E-state index is 12.4. The van der Waals surface area contributed by atoms with Gasteiger partial charge in [-0.05, 0) is 19.4 Å². The van der Waals surface area contributed by atoms with Crippen LogP contribution in [0.15, 0.2) is 24.3 Å². The predicted octanol–water partition coefficient (Wildman–Crippen LogP) is 0.637. The van der Waals surface area contributed by atoms with E-state index in [2.05, 4.69) is 5.32 Å². The van der Waals surface area contributed by atoms with Gasteiger partial charge >= 0.3 is 6.03 Å². The molecule has 0 spiro atoms. The van der Waals surface area contributed by atoms with Crippen LogP contribution in [-0.2, 0) is 15.1 Å². The zero-order chi connectivity index (χ0) is 14.9. The third-order valence-electron chi connectivity index (χ3n) is 3.49. The van der Waals surface area contributed by atoms with Crippen LogP contribution in [-0.4, -0.2) is 29.3 Å². The zero-order valence-electron chi connectivity index (χ0n) is 11.5. The minimum absolute atomic E-state index is 0.00144. The Labute approximate surface area is 116 Å². The van der Waals surface area contributed by atoms with Crippen molar-refractivity contribution in [1.29, 1.82) is 0 Å². The summed E-state index contributed by atoms with van der Waals surface area (Å²) in [4.78, 5) is 36.1. The Morgan fingerprint density at radius 2 is 1.90 bits per heavy atom. The van der Waals surface area contributed by atoms with E-state index in [1.165, 1.54) is 0 Å². The SMILES string of the molecule is Cc1ccc([C@]2(C)NC(=O)N(CCC(N)=O)C2=O)cc1. The average Bonchev–Trinajstić information content (AvgIpc) is 2.59. The van der Waals surface area contributed by atoms with Crippen LogP contribution in [0.3, 0.4) is 0 Å². The molecule has 0 aliphatic carbocycles. The Morgan fingerprint density at radius 1 is 1.30 bits per heavy atom. The molecule has 1 saturated heterocycles. The zero-order valence-corrected chi connectivity index (χ0v) is 11.5. The first-order valence-electron chi connectivity index (χ1n) is 6.34. The number of benzene rings is 1. The molecule has 4 amide bonds. The number of aryl methyl sites for hydroxylation is 1. The highest BCUT2D eigenvalue weighted by Crippen LogP contribution is 2.28. The van der Waals surface area contributed by atoms with E-state index in [1.54, 1.807) is 6.92 Å². The molecule has 0 bridgehead atoms. The van der Waals surface area contributed by atoms with Crippen LogP contribution in [0.5, 0.6) is 0 Å². The van der Waals surface area contributed by atoms with Crippen molar-refractivity contribution < 1.29 is 14.4 Å². The first kappa shape index (κ1) is 14.0. The number of urea groups is 1. The summed E-state index contributed by atoms with van der Waals surface area (Å²) in [5.74, 6) is -0.915. The second-order valence-electron chi connectivity index (χ2n) is 5.09. The summed E-state index contributed by atoms with van der Waals surface area (Å²) < 4.78 is 0. The molecule has 20 heavy (non-hydrogen) atoms. The third kappa shape index (κ3) is 2.36. The van der Waals surface area contributed by atoms with Gasteiger partial charge in [-0.3, -0.25) is 14.5 Å². The van der Waals surface area contributed by atoms with E-state index < -0.39 is 17.5 Å². The summed E-state index contributed by atoms with van der Waals surface area (Å²) in [6, 6.07) is 6.88. The number of nitrogens with zero attached hydrogens (tertiary/aromatic N) is 1. The standard InChI is InChI=1S/C14H17N3O3/c1-9-3-5-10(6-4-9)14(2)12(19)17(13(20)16-14)8-7-11(15)18/h3-6H,7-8H2,1-2H3,(H2,15,18)(H,16,20)/t14-/m0/s1. The molecule has 0 unspecified atom stereocenters. The van der Waals surface area contributed by atoms with Gasteiger partial charge in [0, 0.05) is 13.0 Å². The molecule has 1 aromatic carbocycles. The third-order valence-corrected chi connectivity index (χ3v) is 3.49. The van der Waals surface area contributed by atoms with Gasteiger partial charge in [-0.1, -0.05) is 29.8 Å². The number of imide groups is 1. The van der Waals surface area contributed by atoms with Crippen molar-refractivity contribution in [2.75, 3.05) is 6.54 Å². The van der Waals surface area contributed by atoms with Gasteiger partial charge in [0.15, 0.2) is 0 Å². The van der Waals surface area contributed by atoms with Gasteiger partial charge in [-0.15, -0.1) is 0 Å². The number of rotatable bonds is 4. The molecular weight excluding hydrogens is 258 g/mol. The monoisotopic (exact) mass is 275 g/mol. The number of hydrogen-bond acceptors (Lipinski definition) is 3. The Balaban J connectivity index is 2.25. The quantitative estimate of drug-likeness (QED) is 0.790. The van der Waals surface area contributed by atoms with Gasteiger partial charge in [0.05, 0.1) is 0 Å². The maximum atomic E-state index is 12.4. The maximum Gasteiger partial charge on any atom is 0.325 e. The number of carbonyl (C=O) groups excluding carboxylic acids is 3. The molecule has 1 aliphatic heterocycles. The molecule has 2 rings (SSSR count). The van der Waals surface area contributed by atoms with Crippen molar-refractivity contribution >= 4 is 17.8 Å². The minimum atomic E-state index is -1.09. The second kappa shape index (κ2) is 4.96. The van der Waals surface area contributed by atoms with Crippen LogP contribution in [0.1, 0.15) is 24.5 Å². The summed E-state index contributed by atoms with van der Waals surface area (Å²) in [7, 11) is 0. The highest BCUT2D eigenvalue weighted by Gasteiger charge is 2.48. The predicted molar refractivity (Wildman–Crippen MR) is 72.6 cm³/mol. The minimum Gasteiger partial charge on any atom is -0.370 e. The van der Waals surface area contributed by atoms with E-state index in [1.807, 2.05) is 31.2 Å². The molecule has 1 aliphatic rings. The molecule has 1 aromatic rings. The molecule has 6 heteroatoms. The van der Waals surface area contributed by atoms with Gasteiger partial charge in [0.25, 0.3) is 5.91 Å². The first-order chi connectivity index (χ1) is 9.34. The number of amides is 4. The second-order valence-corrected chi connectivity index (χ2v) is 5.09. The number of carbonyl (C=O) groups is 3. The molecule has 1 heterocycles. The van der Waals surface area contributed by atoms with E-state index in [4.69, 9.17) is 5.73 Å². The summed E-state index contributed by atoms with van der Waals surface area (Å²) in [6.07, 6.45) is -0.0386. The van der Waals surface area contributed by atoms with Crippen molar-refractivity contribution in [3.63, 3.8) is 0 Å². The van der Waals surface area contributed by atoms with Crippen molar-refractivity contribution in [2.45, 2.75) is 25.8 Å². The number of primary amides is 1. The first-order valence-corrected chi connectivity index (χ1v) is 6.34. The lowest BCUT2D eigenvalue weighted by Crippen LogP contribution is -2.41. The summed E-state index contributed by atoms with van der Waals surface area (Å²) in [6.45, 7) is 3.60. The van der Waals surface area contributed by atoms with E-state index in [-0.39, 0.29) is 18.9 Å². The van der Waals surface area contributed by atoms with Gasteiger partial charge in [-0.2, -0.15) is 0 Å². The molecule has 6 nitrogen and oxygen atoms in total. The van der Waals surface area contributed by atoms with E-state index in [9.17, 15) is 14.4 Å². The molecule has 3 N–H and O–H groups in total. The van der Waals surface area contributed by atoms with Crippen LogP contribution in [0, 0.1) is 6.92 Å². The number of nitrogens with two attached hydrogens (primary N) is 1. The molecular formula is C14H17N3O3. The van der Waals surface area contributed by atoms with Crippen LogP contribution in [0.4, 0.5) is 4.79 Å². The summed E-state index contributed by atoms with van der Waals surface area (Å²) in [5, 5.41) is 2.67. The lowest BCUT2D eigenvalue weighted by Gasteiger charge is -2.22. The van der Waals surface area contributed by atoms with Gasteiger partial charge in [0.1, 0.15) is 5.54 Å². The van der Waals surface area contributed by atoms with Gasteiger partial charge in [0.2, 0.25) is 5.91 Å². The van der Waals surface area contributed by atoms with Crippen LogP contribution in [0.25, 0.3) is 0 Å². The van der Waals surface area contributed by atoms with Crippen LogP contribution < -0.4 is 11.1 Å². The Hall–Kier alpha value is -2.37. The van der Waals surface area contributed by atoms with E-state index >= 15 is 0 Å². The van der Waals surface area contributed by atoms with Gasteiger partial charge < -0.3 is 11.1 Å². The molecule has 0 aromatic heterocycles. The molecule has 1 atom stereocenters. The van der Waals surface area contributed by atoms with Crippen molar-refractivity contribution in [2.24, 2.45) is 5.73 Å². The lowest BCUT2D eigenvalue weighted by atomic mass is 9.91. The molecule has 0 radical (unpaired) electrons. The highest BCUT2D eigenvalue weighted by atomic mass is 16.2. The van der Waals surface area contributed by atoms with Gasteiger partial charge in [-0.25, -0.2) is 4.79 Å². The van der Waals surface area contributed by atoms with Crippen molar-refractivity contribution in [1.82, 2.24) is 10.2 Å². The fraction of sp³-hybridized carbons (Fsp3) is 0.357. The fourth-order valence-corrected chi connectivity index (χ4v) is 2.20. The highest BCUT2D eigenvalue weighted by molar-refractivity contribution is 6.07. The average molecular weight is 275 g/mol. The van der Waals surface area contributed by atoms with Crippen molar-refractivity contribution in [3.8, 4) is 0 Å². The fourth-order valence-electron chi connectivity index (χ4n) is 2.20. The Morgan fingerprint density at radius 3 is 2.45 bits per heavy atom. The lowest BCUT2D eigenvalue weighted by molar-refractivity contribution is -0.131. The smallest absolute Gasteiger partial charge is 0.325 e. The normalized spacial score (nSPS) is 22.0. The van der Waals surface area contributed by atoms with Crippen molar-refractivity contribution in [3.05, 3.63) is 35.4 Å². The molecule has 106 valence electrons. The summed E-state index contributed by atoms with van der Waals surface area (Å²) >= 11 is 0. The summed E-state index contributed by atoms with van der Waals surface area (Å²) in [5.41, 5.74) is 5.73. The van der Waals surface area contributed by atoms with Crippen LogP contribution >= 0.6 is 0 Å².